The molecule has 0 aliphatic carbocycles. The number of hydrogen-bond donors (Lipinski definition) is 0. The van der Waals surface area contributed by atoms with Crippen LogP contribution in [0.5, 0.6) is 0 Å². The molecule has 2 heterocycles. The number of carbonyl (C=O) groups is 2. The minimum absolute atomic E-state index is 0.0735. The lowest BCUT2D eigenvalue weighted by Gasteiger charge is -2.05. The normalized spacial score (nSPS) is 17.2. The molecule has 7 nitrogen and oxygen atoms in total. The first kappa shape index (κ1) is 16.2. The van der Waals surface area contributed by atoms with Gasteiger partial charge in [-0.05, 0) is 12.1 Å². The molecule has 3 rings (SSSR count). The lowest BCUT2D eigenvalue weighted by Crippen LogP contribution is -2.12. The molecule has 1 aliphatic rings. The van der Waals surface area contributed by atoms with Gasteiger partial charge in [0.1, 0.15) is 6.33 Å². The van der Waals surface area contributed by atoms with E-state index in [1.807, 2.05) is 12.1 Å². The molecule has 0 N–H and O–H groups in total. The van der Waals surface area contributed by atoms with E-state index in [-0.39, 0.29) is 24.9 Å². The van der Waals surface area contributed by atoms with E-state index in [1.165, 1.54) is 23.3 Å². The van der Waals surface area contributed by atoms with E-state index in [4.69, 9.17) is 21.1 Å². The van der Waals surface area contributed by atoms with Gasteiger partial charge >= 0.3 is 11.9 Å². The molecule has 1 aliphatic heterocycles. The first-order valence-corrected chi connectivity index (χ1v) is 7.65. The zero-order valence-corrected chi connectivity index (χ0v) is 13.3. The van der Waals surface area contributed by atoms with E-state index in [0.29, 0.717) is 17.5 Å². The maximum Gasteiger partial charge on any atom is 0.332 e. The van der Waals surface area contributed by atoms with Gasteiger partial charge in [0.2, 0.25) is 0 Å². The Morgan fingerprint density at radius 2 is 2.38 bits per heavy atom. The number of benzene rings is 1. The highest BCUT2D eigenvalue weighted by Crippen LogP contribution is 2.19. The van der Waals surface area contributed by atoms with Crippen LogP contribution in [0.25, 0.3) is 17.6 Å². The molecule has 1 fully saturated rings. The number of halogens is 1. The zero-order valence-electron chi connectivity index (χ0n) is 12.6. The Balaban J connectivity index is 1.55. The average Bonchev–Trinajstić information content (AvgIpc) is 3.20. The summed E-state index contributed by atoms with van der Waals surface area (Å²) in [5.74, 6) is -0.357. The summed E-state index contributed by atoms with van der Waals surface area (Å²) in [6.07, 6.45) is 4.44. The van der Waals surface area contributed by atoms with Crippen LogP contribution in [0.3, 0.4) is 0 Å². The summed E-state index contributed by atoms with van der Waals surface area (Å²) < 4.78 is 11.3. The van der Waals surface area contributed by atoms with Gasteiger partial charge in [-0.25, -0.2) is 14.5 Å². The van der Waals surface area contributed by atoms with Crippen LogP contribution in [0, 0.1) is 5.92 Å². The van der Waals surface area contributed by atoms with Crippen molar-refractivity contribution in [2.24, 2.45) is 5.92 Å². The molecule has 2 aromatic rings. The van der Waals surface area contributed by atoms with Crippen LogP contribution in [0.4, 0.5) is 0 Å². The Bertz CT molecular complexity index is 787. The molecular weight excluding hydrogens is 334 g/mol. The smallest absolute Gasteiger partial charge is 0.332 e. The number of nitrogens with zero attached hydrogens (tertiary/aromatic N) is 3. The molecule has 1 unspecified atom stereocenters. The highest BCUT2D eigenvalue weighted by Gasteiger charge is 2.24. The molecule has 1 atom stereocenters. The van der Waals surface area contributed by atoms with Crippen molar-refractivity contribution in [1.82, 2.24) is 14.8 Å². The second-order valence-corrected chi connectivity index (χ2v) is 5.69. The first-order chi connectivity index (χ1) is 11.6. The highest BCUT2D eigenvalue weighted by atomic mass is 35.5. The van der Waals surface area contributed by atoms with E-state index in [1.54, 1.807) is 12.1 Å². The van der Waals surface area contributed by atoms with E-state index in [9.17, 15) is 9.59 Å². The molecule has 0 radical (unpaired) electrons. The Hall–Kier alpha value is -2.67. The van der Waals surface area contributed by atoms with E-state index < -0.39 is 5.97 Å². The van der Waals surface area contributed by atoms with Gasteiger partial charge in [-0.2, -0.15) is 0 Å². The van der Waals surface area contributed by atoms with E-state index >= 15 is 0 Å². The Kier molecular flexibility index (Phi) is 4.90. The third kappa shape index (κ3) is 4.20. The van der Waals surface area contributed by atoms with Crippen LogP contribution in [0.1, 0.15) is 6.42 Å². The van der Waals surface area contributed by atoms with E-state index in [0.717, 1.165) is 5.56 Å². The summed E-state index contributed by atoms with van der Waals surface area (Å²) in [5, 5.41) is 4.82. The molecule has 0 spiro atoms. The lowest BCUT2D eigenvalue weighted by molar-refractivity contribution is -0.139. The second-order valence-electron chi connectivity index (χ2n) is 5.26. The van der Waals surface area contributed by atoms with Crippen molar-refractivity contribution in [1.29, 1.82) is 0 Å². The molecule has 8 heteroatoms. The largest absolute Gasteiger partial charge is 0.465 e. The summed E-state index contributed by atoms with van der Waals surface area (Å²) in [6.45, 7) is 0.446. The molecule has 0 bridgehead atoms. The van der Waals surface area contributed by atoms with Crippen molar-refractivity contribution in [3.05, 3.63) is 41.7 Å². The zero-order chi connectivity index (χ0) is 16.9. The van der Waals surface area contributed by atoms with Crippen molar-refractivity contribution in [3.8, 4) is 11.4 Å². The van der Waals surface area contributed by atoms with Crippen LogP contribution in [0.2, 0.25) is 5.02 Å². The average molecular weight is 348 g/mol. The molecule has 24 heavy (non-hydrogen) atoms. The quantitative estimate of drug-likeness (QED) is 0.609. The maximum absolute atomic E-state index is 11.7. The predicted octanol–water partition coefficient (Wildman–Crippen LogP) is 2.18. The number of ether oxygens (including phenoxy) is 2. The molecule has 0 amide bonds. The van der Waals surface area contributed by atoms with Gasteiger partial charge in [-0.15, -0.1) is 5.10 Å². The lowest BCUT2D eigenvalue weighted by atomic mass is 10.1. The van der Waals surface area contributed by atoms with Gasteiger partial charge in [0.25, 0.3) is 0 Å². The molecule has 124 valence electrons. The number of carbonyl (C=O) groups excluding carboxylic acids is 2. The fourth-order valence-corrected chi connectivity index (χ4v) is 2.35. The van der Waals surface area contributed by atoms with Gasteiger partial charge < -0.3 is 9.47 Å². The van der Waals surface area contributed by atoms with E-state index in [2.05, 4.69) is 10.1 Å². The second kappa shape index (κ2) is 7.27. The third-order valence-corrected chi connectivity index (χ3v) is 3.59. The molecule has 1 aromatic carbocycles. The fraction of sp³-hybridized carbons (Fsp3) is 0.250. The van der Waals surface area contributed by atoms with Crippen molar-refractivity contribution >= 4 is 29.7 Å². The molecule has 0 saturated carbocycles. The van der Waals surface area contributed by atoms with Crippen LogP contribution in [0.15, 0.2) is 36.7 Å². The number of hydrogen-bond acceptors (Lipinski definition) is 6. The Labute approximate surface area is 142 Å². The molecule has 1 saturated heterocycles. The summed E-state index contributed by atoms with van der Waals surface area (Å²) in [5.41, 5.74) is 0.781. The van der Waals surface area contributed by atoms with Gasteiger partial charge in [0, 0.05) is 28.8 Å². The van der Waals surface area contributed by atoms with Gasteiger partial charge in [-0.1, -0.05) is 23.7 Å². The SMILES string of the molecule is O=C(C=Cn1cnc(-c2cccc(Cl)c2)n1)OCC1COC(=O)C1. The summed E-state index contributed by atoms with van der Waals surface area (Å²) in [7, 11) is 0. The monoisotopic (exact) mass is 347 g/mol. The minimum atomic E-state index is -0.519. The first-order valence-electron chi connectivity index (χ1n) is 7.28. The van der Waals surface area contributed by atoms with Crippen molar-refractivity contribution in [2.75, 3.05) is 13.2 Å². The van der Waals surface area contributed by atoms with Gasteiger partial charge in [-0.3, -0.25) is 4.79 Å². The van der Waals surface area contributed by atoms with Crippen LogP contribution < -0.4 is 0 Å². The van der Waals surface area contributed by atoms with Gasteiger partial charge in [0.15, 0.2) is 5.82 Å². The number of rotatable bonds is 5. The minimum Gasteiger partial charge on any atom is -0.465 e. The van der Waals surface area contributed by atoms with Crippen molar-refractivity contribution < 1.29 is 19.1 Å². The topological polar surface area (TPSA) is 83.3 Å². The predicted molar refractivity (Wildman–Crippen MR) is 85.8 cm³/mol. The van der Waals surface area contributed by atoms with Crippen molar-refractivity contribution in [2.45, 2.75) is 6.42 Å². The molecular formula is C16H14ClN3O4. The van der Waals surface area contributed by atoms with Crippen LogP contribution >= 0.6 is 11.6 Å². The van der Waals surface area contributed by atoms with Crippen molar-refractivity contribution in [3.63, 3.8) is 0 Å². The Morgan fingerprint density at radius 1 is 1.50 bits per heavy atom. The summed E-state index contributed by atoms with van der Waals surface area (Å²) >= 11 is 5.93. The highest BCUT2D eigenvalue weighted by molar-refractivity contribution is 6.30. The standard InChI is InChI=1S/C16H14ClN3O4/c17-13-3-1-2-12(7-13)16-18-10-20(19-16)5-4-14(21)23-8-11-6-15(22)24-9-11/h1-5,7,10-11H,6,8-9H2. The third-order valence-electron chi connectivity index (χ3n) is 3.35. The number of aromatic nitrogens is 3. The number of cyclic esters (lactones) is 1. The van der Waals surface area contributed by atoms with Crippen LogP contribution in [-0.2, 0) is 19.1 Å². The number of esters is 2. The Morgan fingerprint density at radius 3 is 3.12 bits per heavy atom. The van der Waals surface area contributed by atoms with Crippen LogP contribution in [-0.4, -0.2) is 39.9 Å². The van der Waals surface area contributed by atoms with Gasteiger partial charge in [0.05, 0.1) is 19.6 Å². The fourth-order valence-electron chi connectivity index (χ4n) is 2.16. The molecule has 1 aromatic heterocycles. The summed E-state index contributed by atoms with van der Waals surface area (Å²) in [6, 6.07) is 7.17. The maximum atomic E-state index is 11.7. The summed E-state index contributed by atoms with van der Waals surface area (Å²) in [4.78, 5) is 26.8.